The van der Waals surface area contributed by atoms with E-state index in [-0.39, 0.29) is 16.6 Å². The molecule has 1 aromatic carbocycles. The van der Waals surface area contributed by atoms with Crippen molar-refractivity contribution in [3.05, 3.63) is 46.4 Å². The van der Waals surface area contributed by atoms with Gasteiger partial charge < -0.3 is 5.73 Å². The summed E-state index contributed by atoms with van der Waals surface area (Å²) in [6.07, 6.45) is 0.592. The number of anilines is 1. The second-order valence-corrected chi connectivity index (χ2v) is 6.94. The number of thiophene rings is 1. The largest absolute Gasteiger partial charge is 0.398 e. The first kappa shape index (κ1) is 15.0. The van der Waals surface area contributed by atoms with Gasteiger partial charge in [-0.05, 0) is 36.1 Å². The average Bonchev–Trinajstić information content (AvgIpc) is 2.92. The smallest absolute Gasteiger partial charge is 0.243 e. The molecule has 0 radical (unpaired) electrons. The van der Waals surface area contributed by atoms with Crippen LogP contribution >= 0.6 is 11.3 Å². The molecule has 0 saturated heterocycles. The number of sulfonamides is 1. The highest BCUT2D eigenvalue weighted by Crippen LogP contribution is 2.26. The molecule has 0 saturated carbocycles. The number of rotatable bonds is 5. The highest BCUT2D eigenvalue weighted by Gasteiger charge is 2.23. The lowest BCUT2D eigenvalue weighted by atomic mass is 10.2. The summed E-state index contributed by atoms with van der Waals surface area (Å²) < 4.78 is 40.4. The third-order valence-corrected chi connectivity index (χ3v) is 5.37. The van der Waals surface area contributed by atoms with Crippen molar-refractivity contribution < 1.29 is 12.8 Å². The molecule has 108 valence electrons. The summed E-state index contributed by atoms with van der Waals surface area (Å²) in [7, 11) is -3.86. The number of hydrogen-bond donors (Lipinski definition) is 2. The predicted molar refractivity (Wildman–Crippen MR) is 78.5 cm³/mol. The minimum absolute atomic E-state index is 0.0277. The number of hydrogen-bond acceptors (Lipinski definition) is 4. The first-order valence-electron chi connectivity index (χ1n) is 6.05. The number of nitrogens with one attached hydrogen (secondary N) is 1. The van der Waals surface area contributed by atoms with E-state index >= 15 is 0 Å². The van der Waals surface area contributed by atoms with Crippen LogP contribution in [0.15, 0.2) is 40.6 Å². The Bertz CT molecular complexity index is 684. The van der Waals surface area contributed by atoms with E-state index in [1.54, 1.807) is 0 Å². The van der Waals surface area contributed by atoms with Gasteiger partial charge in [-0.25, -0.2) is 17.5 Å². The highest BCUT2D eigenvalue weighted by atomic mass is 32.2. The molecule has 2 rings (SSSR count). The lowest BCUT2D eigenvalue weighted by Gasteiger charge is -2.16. The van der Waals surface area contributed by atoms with Crippen molar-refractivity contribution in [3.8, 4) is 0 Å². The van der Waals surface area contributed by atoms with Gasteiger partial charge in [-0.3, -0.25) is 0 Å². The molecule has 4 nitrogen and oxygen atoms in total. The summed E-state index contributed by atoms with van der Waals surface area (Å²) in [6, 6.07) is 6.67. The Morgan fingerprint density at radius 3 is 2.75 bits per heavy atom. The lowest BCUT2D eigenvalue weighted by Crippen LogP contribution is -2.28. The first-order valence-corrected chi connectivity index (χ1v) is 8.41. The Morgan fingerprint density at radius 1 is 1.40 bits per heavy atom. The molecule has 1 unspecified atom stereocenters. The number of halogens is 1. The summed E-state index contributed by atoms with van der Waals surface area (Å²) in [5.41, 5.74) is 5.66. The van der Waals surface area contributed by atoms with Gasteiger partial charge in [0.25, 0.3) is 0 Å². The fourth-order valence-electron chi connectivity index (χ4n) is 1.82. The molecule has 20 heavy (non-hydrogen) atoms. The van der Waals surface area contributed by atoms with Crippen molar-refractivity contribution in [3.63, 3.8) is 0 Å². The van der Waals surface area contributed by atoms with Gasteiger partial charge in [0.05, 0.1) is 11.7 Å². The summed E-state index contributed by atoms with van der Waals surface area (Å²) in [5, 5.41) is 1.88. The minimum atomic E-state index is -3.86. The third kappa shape index (κ3) is 3.17. The van der Waals surface area contributed by atoms with E-state index in [0.29, 0.717) is 6.42 Å². The maximum atomic E-state index is 13.2. The summed E-state index contributed by atoms with van der Waals surface area (Å²) in [4.78, 5) is 0.679. The van der Waals surface area contributed by atoms with Gasteiger partial charge in [0.1, 0.15) is 10.7 Å². The van der Waals surface area contributed by atoms with Gasteiger partial charge in [-0.15, -0.1) is 11.3 Å². The van der Waals surface area contributed by atoms with Crippen LogP contribution in [0.2, 0.25) is 0 Å². The monoisotopic (exact) mass is 314 g/mol. The summed E-state index contributed by atoms with van der Waals surface area (Å²) in [6.45, 7) is 1.88. The normalized spacial score (nSPS) is 13.3. The Hall–Kier alpha value is -1.44. The summed E-state index contributed by atoms with van der Waals surface area (Å²) in [5.74, 6) is -0.635. The van der Waals surface area contributed by atoms with Gasteiger partial charge in [0, 0.05) is 4.88 Å². The zero-order valence-corrected chi connectivity index (χ0v) is 12.5. The van der Waals surface area contributed by atoms with Crippen molar-refractivity contribution in [1.82, 2.24) is 4.72 Å². The predicted octanol–water partition coefficient (Wildman–Crippen LogP) is 2.90. The fraction of sp³-hybridized carbons (Fsp3) is 0.231. The number of nitrogen functional groups attached to an aromatic ring is 1. The molecule has 0 aliphatic heterocycles. The van der Waals surface area contributed by atoms with E-state index in [4.69, 9.17) is 5.73 Å². The van der Waals surface area contributed by atoms with Crippen LogP contribution in [0.25, 0.3) is 0 Å². The number of nitrogens with two attached hydrogens (primary N) is 1. The zero-order valence-electron chi connectivity index (χ0n) is 10.8. The van der Waals surface area contributed by atoms with Crippen LogP contribution in [0.4, 0.5) is 10.1 Å². The van der Waals surface area contributed by atoms with Crippen LogP contribution in [-0.4, -0.2) is 8.42 Å². The molecule has 0 aliphatic carbocycles. The third-order valence-electron chi connectivity index (χ3n) is 2.86. The maximum Gasteiger partial charge on any atom is 0.243 e. The Balaban J connectivity index is 2.33. The van der Waals surface area contributed by atoms with Crippen LogP contribution < -0.4 is 10.5 Å². The quantitative estimate of drug-likeness (QED) is 0.834. The fourth-order valence-corrected chi connectivity index (χ4v) is 4.20. The molecule has 1 aromatic heterocycles. The van der Waals surface area contributed by atoms with Gasteiger partial charge >= 0.3 is 0 Å². The van der Waals surface area contributed by atoms with Gasteiger partial charge in [-0.1, -0.05) is 13.0 Å². The van der Waals surface area contributed by atoms with E-state index in [9.17, 15) is 12.8 Å². The molecule has 0 amide bonds. The van der Waals surface area contributed by atoms with Crippen molar-refractivity contribution in [1.29, 1.82) is 0 Å². The van der Waals surface area contributed by atoms with Crippen molar-refractivity contribution in [2.24, 2.45) is 0 Å². The van der Waals surface area contributed by atoms with Gasteiger partial charge in [0.15, 0.2) is 0 Å². The Labute approximate surface area is 121 Å². The Morgan fingerprint density at radius 2 is 2.15 bits per heavy atom. The van der Waals surface area contributed by atoms with E-state index in [2.05, 4.69) is 4.72 Å². The lowest BCUT2D eigenvalue weighted by molar-refractivity contribution is 0.551. The van der Waals surface area contributed by atoms with E-state index in [0.717, 1.165) is 17.0 Å². The topological polar surface area (TPSA) is 72.2 Å². The van der Waals surface area contributed by atoms with Crippen LogP contribution in [0.1, 0.15) is 24.3 Å². The maximum absolute atomic E-state index is 13.2. The first-order chi connectivity index (χ1) is 9.44. The molecule has 7 heteroatoms. The van der Waals surface area contributed by atoms with Crippen molar-refractivity contribution in [2.45, 2.75) is 24.3 Å². The van der Waals surface area contributed by atoms with Crippen LogP contribution in [0.5, 0.6) is 0 Å². The molecule has 2 aromatic rings. The van der Waals surface area contributed by atoms with E-state index < -0.39 is 15.8 Å². The average molecular weight is 314 g/mol. The Kier molecular flexibility index (Phi) is 4.42. The van der Waals surface area contributed by atoms with Crippen molar-refractivity contribution >= 4 is 27.0 Å². The standard InChI is InChI=1S/C13H15FN2O2S2/c1-2-11(12-4-3-7-19-12)16-20(17,18)13-8-9(14)5-6-10(13)15/h3-8,11,16H,2,15H2,1H3. The second-order valence-electron chi connectivity index (χ2n) is 4.28. The van der Waals surface area contributed by atoms with Crippen molar-refractivity contribution in [2.75, 3.05) is 5.73 Å². The van der Waals surface area contributed by atoms with Crippen LogP contribution in [-0.2, 0) is 10.0 Å². The van der Waals surface area contributed by atoms with Crippen LogP contribution in [0.3, 0.4) is 0 Å². The molecule has 0 aliphatic rings. The molecule has 0 fully saturated rings. The molecular formula is C13H15FN2O2S2. The van der Waals surface area contributed by atoms with E-state index in [1.807, 2.05) is 24.4 Å². The molecule has 0 spiro atoms. The SMILES string of the molecule is CCC(NS(=O)(=O)c1cc(F)ccc1N)c1cccs1. The molecule has 1 atom stereocenters. The molecular weight excluding hydrogens is 299 g/mol. The second kappa shape index (κ2) is 5.90. The van der Waals surface area contributed by atoms with Gasteiger partial charge in [-0.2, -0.15) is 0 Å². The molecule has 3 N–H and O–H groups in total. The minimum Gasteiger partial charge on any atom is -0.398 e. The summed E-state index contributed by atoms with van der Waals surface area (Å²) >= 11 is 1.47. The number of benzene rings is 1. The molecule has 1 heterocycles. The van der Waals surface area contributed by atoms with E-state index in [1.165, 1.54) is 17.4 Å². The molecule has 0 bridgehead atoms. The van der Waals surface area contributed by atoms with Crippen LogP contribution in [0, 0.1) is 5.82 Å². The zero-order chi connectivity index (χ0) is 14.8. The van der Waals surface area contributed by atoms with Gasteiger partial charge in [0.2, 0.25) is 10.0 Å². The highest BCUT2D eigenvalue weighted by molar-refractivity contribution is 7.89.